The minimum absolute atomic E-state index is 0. The Hall–Kier alpha value is -0.0136. The van der Waals surface area contributed by atoms with Crippen LogP contribution in [0.1, 0.15) is 60.8 Å². The third kappa shape index (κ3) is 11.9. The van der Waals surface area contributed by atoms with Gasteiger partial charge >= 0.3 is 0 Å². The average Bonchev–Trinajstić information content (AvgIpc) is 3.66. The zero-order valence-electron chi connectivity index (χ0n) is 22.8. The van der Waals surface area contributed by atoms with Crippen molar-refractivity contribution in [1.29, 1.82) is 0 Å². The molecule has 0 spiro atoms. The molecule has 3 fully saturated rings. The Morgan fingerprint density at radius 2 is 0.971 bits per heavy atom. The third-order valence-electron chi connectivity index (χ3n) is 6.70. The molecule has 206 valence electrons. The molecule has 0 aromatic heterocycles. The van der Waals surface area contributed by atoms with E-state index in [1.165, 1.54) is 66.0 Å². The Balaban J connectivity index is 0.000000306. The fourth-order valence-corrected chi connectivity index (χ4v) is 7.67. The minimum Gasteiger partial charge on any atom is -0.692 e. The summed E-state index contributed by atoms with van der Waals surface area (Å²) in [6.07, 6.45) is 7.67. The summed E-state index contributed by atoms with van der Waals surface area (Å²) in [5, 5.41) is 1.52. The van der Waals surface area contributed by atoms with Gasteiger partial charge in [0.1, 0.15) is 0 Å². The molecule has 35 heavy (non-hydrogen) atoms. The second kappa shape index (κ2) is 18.3. The molecule has 0 N–H and O–H groups in total. The molecule has 2 aromatic carbocycles. The van der Waals surface area contributed by atoms with Crippen molar-refractivity contribution in [3.8, 4) is 0 Å². The Kier molecular flexibility index (Phi) is 17.2. The molecule has 4 nitrogen and oxygen atoms in total. The molecule has 3 saturated heterocycles. The average molecular weight is 659 g/mol. The van der Waals surface area contributed by atoms with Gasteiger partial charge in [-0.2, -0.15) is 27.4 Å². The van der Waals surface area contributed by atoms with Gasteiger partial charge in [0.05, 0.1) is 0 Å². The SMILES string of the molecule is C1CCOC1.C1CCOC1.C1CCOC1.Cc1c(C)c(C)[c-]([Si](C)(C)[N-]c2ccccc2)c1C.[Yb]. The predicted molar refractivity (Wildman–Crippen MR) is 148 cm³/mol. The maximum Gasteiger partial charge on any atom is 0.0466 e. The van der Waals surface area contributed by atoms with Gasteiger partial charge in [0.15, 0.2) is 0 Å². The molecule has 3 heterocycles. The first kappa shape index (κ1) is 33.0. The van der Waals surface area contributed by atoms with Crippen molar-refractivity contribution in [2.75, 3.05) is 39.6 Å². The van der Waals surface area contributed by atoms with Crippen molar-refractivity contribution in [2.24, 2.45) is 0 Å². The second-order valence-electron chi connectivity index (χ2n) is 9.84. The molecule has 0 atom stereocenters. The summed E-state index contributed by atoms with van der Waals surface area (Å²) in [5.41, 5.74) is 6.89. The van der Waals surface area contributed by atoms with E-state index in [9.17, 15) is 0 Å². The van der Waals surface area contributed by atoms with Crippen LogP contribution in [0.15, 0.2) is 30.3 Å². The molecule has 0 amide bonds. The molecular weight excluding hydrogens is 611 g/mol. The van der Waals surface area contributed by atoms with Crippen molar-refractivity contribution >= 4 is 19.1 Å². The van der Waals surface area contributed by atoms with Gasteiger partial charge in [-0.15, -0.1) is 5.69 Å². The molecular formula is C29H47NO3SiYb-2. The molecule has 3 aliphatic heterocycles. The largest absolute Gasteiger partial charge is 0.692 e. The van der Waals surface area contributed by atoms with Crippen LogP contribution in [0.3, 0.4) is 0 Å². The first-order valence-electron chi connectivity index (χ1n) is 13.1. The van der Waals surface area contributed by atoms with Crippen LogP contribution in [-0.4, -0.2) is 47.9 Å². The summed E-state index contributed by atoms with van der Waals surface area (Å²) >= 11 is 0. The van der Waals surface area contributed by atoms with Crippen LogP contribution in [0.4, 0.5) is 5.69 Å². The van der Waals surface area contributed by atoms with Gasteiger partial charge in [0, 0.05) is 86.6 Å². The fourth-order valence-electron chi connectivity index (χ4n) is 4.55. The van der Waals surface area contributed by atoms with Crippen LogP contribution < -0.4 is 5.19 Å². The second-order valence-corrected chi connectivity index (χ2v) is 13.7. The first-order valence-corrected chi connectivity index (χ1v) is 16.0. The topological polar surface area (TPSA) is 41.8 Å². The molecule has 0 unspecified atom stereocenters. The molecule has 2 aromatic rings. The van der Waals surface area contributed by atoms with Crippen LogP contribution in [0.25, 0.3) is 4.98 Å². The van der Waals surface area contributed by atoms with Gasteiger partial charge in [0.25, 0.3) is 0 Å². The van der Waals surface area contributed by atoms with E-state index in [-0.39, 0.29) is 46.9 Å². The first-order chi connectivity index (χ1) is 16.3. The van der Waals surface area contributed by atoms with Crippen molar-refractivity contribution in [3.05, 3.63) is 57.6 Å². The summed E-state index contributed by atoms with van der Waals surface area (Å²) in [6, 6.07) is 10.4. The standard InChI is InChI=1S/C17H23NSi.3C4H8O.Yb/c1-12-13(2)15(4)17(14(12)3)19(5,6)18-16-10-8-7-9-11-16;3*1-2-4-5-3-1;/h7-11H,1-6H3;3*1-4H2;/q-2;;;;. The van der Waals surface area contributed by atoms with Gasteiger partial charge in [-0.3, -0.25) is 0 Å². The Labute approximate surface area is 254 Å². The monoisotopic (exact) mass is 659 g/mol. The van der Waals surface area contributed by atoms with Gasteiger partial charge < -0.3 is 19.2 Å². The number of rotatable bonds is 3. The molecule has 6 heteroatoms. The summed E-state index contributed by atoms with van der Waals surface area (Å²) < 4.78 is 14.8. The fraction of sp³-hybridized carbons (Fsp3) is 0.621. The van der Waals surface area contributed by atoms with Crippen molar-refractivity contribution in [2.45, 2.75) is 79.3 Å². The van der Waals surface area contributed by atoms with Gasteiger partial charge in [-0.05, 0) is 38.5 Å². The number of benzene rings is 1. The Morgan fingerprint density at radius 3 is 1.26 bits per heavy atom. The Morgan fingerprint density at radius 1 is 0.629 bits per heavy atom. The van der Waals surface area contributed by atoms with Crippen molar-refractivity contribution < 1.29 is 61.1 Å². The van der Waals surface area contributed by atoms with E-state index in [2.05, 4.69) is 65.1 Å². The molecule has 0 saturated carbocycles. The molecule has 0 radical (unpaired) electrons. The molecule has 5 rings (SSSR count). The van der Waals surface area contributed by atoms with E-state index in [0.29, 0.717) is 0 Å². The maximum atomic E-state index is 5.08. The van der Waals surface area contributed by atoms with Crippen molar-refractivity contribution in [1.82, 2.24) is 0 Å². The molecule has 3 aliphatic rings. The van der Waals surface area contributed by atoms with Gasteiger partial charge in [-0.25, -0.2) is 0 Å². The minimum atomic E-state index is -1.79. The predicted octanol–water partition coefficient (Wildman–Crippen LogP) is 7.15. The normalized spacial score (nSPS) is 16.6. The van der Waals surface area contributed by atoms with E-state index in [4.69, 9.17) is 19.2 Å². The van der Waals surface area contributed by atoms with E-state index < -0.39 is 8.24 Å². The number of nitrogens with zero attached hydrogens (tertiary/aromatic N) is 1. The summed E-state index contributed by atoms with van der Waals surface area (Å²) in [7, 11) is -1.79. The number of hydrogen-bond donors (Lipinski definition) is 0. The van der Waals surface area contributed by atoms with Crippen LogP contribution in [0, 0.1) is 74.6 Å². The van der Waals surface area contributed by atoms with Crippen LogP contribution >= 0.6 is 0 Å². The van der Waals surface area contributed by atoms with E-state index in [0.717, 1.165) is 45.3 Å². The van der Waals surface area contributed by atoms with Crippen LogP contribution in [0.2, 0.25) is 13.1 Å². The van der Waals surface area contributed by atoms with Gasteiger partial charge in [0.2, 0.25) is 0 Å². The molecule has 0 aliphatic carbocycles. The van der Waals surface area contributed by atoms with Crippen molar-refractivity contribution in [3.63, 3.8) is 0 Å². The summed E-state index contributed by atoms with van der Waals surface area (Å²) in [6.45, 7) is 19.6. The number of ether oxygens (including phenoxy) is 3. The zero-order valence-corrected chi connectivity index (χ0v) is 25.5. The maximum absolute atomic E-state index is 5.08. The van der Waals surface area contributed by atoms with E-state index in [1.54, 1.807) is 0 Å². The third-order valence-corrected chi connectivity index (χ3v) is 9.49. The number of hydrogen-bond acceptors (Lipinski definition) is 3. The van der Waals surface area contributed by atoms with Crippen LogP contribution in [0.5, 0.6) is 0 Å². The smallest absolute Gasteiger partial charge is 0.0466 e. The van der Waals surface area contributed by atoms with E-state index >= 15 is 0 Å². The Bertz CT molecular complexity index is 739. The van der Waals surface area contributed by atoms with E-state index in [1.807, 2.05) is 6.07 Å². The zero-order chi connectivity index (χ0) is 24.8. The summed E-state index contributed by atoms with van der Waals surface area (Å²) in [4.78, 5) is 5.08. The molecule has 0 bridgehead atoms. The summed E-state index contributed by atoms with van der Waals surface area (Å²) in [5.74, 6) is 0. The van der Waals surface area contributed by atoms with Gasteiger partial charge in [-0.1, -0.05) is 79.4 Å². The van der Waals surface area contributed by atoms with Crippen LogP contribution in [-0.2, 0) is 14.2 Å². The quantitative estimate of drug-likeness (QED) is 0.260.